The van der Waals surface area contributed by atoms with Crippen LogP contribution in [-0.2, 0) is 9.57 Å². The van der Waals surface area contributed by atoms with E-state index in [4.69, 9.17) is 26.0 Å². The van der Waals surface area contributed by atoms with Gasteiger partial charge in [0.1, 0.15) is 15.8 Å². The first-order chi connectivity index (χ1) is 14.5. The van der Waals surface area contributed by atoms with Gasteiger partial charge in [0.2, 0.25) is 0 Å². The van der Waals surface area contributed by atoms with Gasteiger partial charge in [-0.05, 0) is 30.3 Å². The maximum absolute atomic E-state index is 6.44. The van der Waals surface area contributed by atoms with Gasteiger partial charge in [-0.2, -0.15) is 0 Å². The summed E-state index contributed by atoms with van der Waals surface area (Å²) >= 11 is 1.38. The molecule has 0 saturated heterocycles. The summed E-state index contributed by atoms with van der Waals surface area (Å²) in [4.78, 5) is 10.3. The largest absolute Gasteiger partial charge is 0.404 e. The number of allylic oxidation sites excluding steroid dienone is 3. The van der Waals surface area contributed by atoms with Gasteiger partial charge in [0.25, 0.3) is 0 Å². The van der Waals surface area contributed by atoms with Gasteiger partial charge in [-0.1, -0.05) is 55.6 Å². The molecule has 158 valence electrons. The second-order valence-corrected chi connectivity index (χ2v) is 7.22. The van der Waals surface area contributed by atoms with Crippen LogP contribution in [0.5, 0.6) is 0 Å². The number of nitrogens with two attached hydrogens (primary N) is 2. The molecule has 1 heterocycles. The van der Waals surface area contributed by atoms with Crippen LogP contribution >= 0.6 is 11.8 Å². The van der Waals surface area contributed by atoms with Gasteiger partial charge in [0.15, 0.2) is 0 Å². The van der Waals surface area contributed by atoms with Gasteiger partial charge in [-0.25, -0.2) is 10.5 Å². The van der Waals surface area contributed by atoms with Crippen molar-refractivity contribution in [1.82, 2.24) is 5.48 Å². The molecule has 1 aliphatic heterocycles. The van der Waals surface area contributed by atoms with Crippen LogP contribution in [0.25, 0.3) is 6.08 Å². The molecule has 0 unspecified atom stereocenters. The SMILES string of the molecule is C=CC(=C\N)/C(=C/C)/N=C1/SC(NOC(=C)CCOC)=C(N)/C1=C\c1ccccc1. The van der Waals surface area contributed by atoms with E-state index in [9.17, 15) is 0 Å². The molecule has 1 aliphatic rings. The third-order valence-electron chi connectivity index (χ3n) is 4.14. The average molecular weight is 425 g/mol. The molecule has 2 rings (SSSR count). The first-order valence-corrected chi connectivity index (χ1v) is 10.2. The van der Waals surface area contributed by atoms with Gasteiger partial charge in [-0.15, -0.1) is 0 Å². The Hall–Kier alpha value is -3.16. The highest BCUT2D eigenvalue weighted by atomic mass is 32.2. The van der Waals surface area contributed by atoms with E-state index in [-0.39, 0.29) is 0 Å². The van der Waals surface area contributed by atoms with Crippen molar-refractivity contribution in [3.63, 3.8) is 0 Å². The predicted octanol–water partition coefficient (Wildman–Crippen LogP) is 4.35. The zero-order valence-electron chi connectivity index (χ0n) is 17.4. The van der Waals surface area contributed by atoms with Gasteiger partial charge < -0.3 is 21.0 Å². The second-order valence-electron chi connectivity index (χ2n) is 6.22. The van der Waals surface area contributed by atoms with Crippen LogP contribution in [0.1, 0.15) is 18.9 Å². The van der Waals surface area contributed by atoms with Crippen molar-refractivity contribution in [2.24, 2.45) is 16.5 Å². The van der Waals surface area contributed by atoms with Crippen molar-refractivity contribution < 1.29 is 9.57 Å². The van der Waals surface area contributed by atoms with E-state index in [2.05, 4.69) is 18.6 Å². The number of thioether (sulfide) groups is 1. The Morgan fingerprint density at radius 3 is 2.63 bits per heavy atom. The Bertz CT molecular complexity index is 928. The summed E-state index contributed by atoms with van der Waals surface area (Å²) < 4.78 is 5.04. The molecule has 0 aliphatic carbocycles. The molecule has 0 radical (unpaired) electrons. The van der Waals surface area contributed by atoms with E-state index in [1.807, 2.05) is 49.4 Å². The Kier molecular flexibility index (Phi) is 9.05. The fourth-order valence-corrected chi connectivity index (χ4v) is 3.43. The van der Waals surface area contributed by atoms with Crippen LogP contribution in [-0.4, -0.2) is 18.8 Å². The minimum Gasteiger partial charge on any atom is -0.404 e. The number of nitrogens with one attached hydrogen (secondary N) is 1. The van der Waals surface area contributed by atoms with Crippen molar-refractivity contribution >= 4 is 22.9 Å². The summed E-state index contributed by atoms with van der Waals surface area (Å²) in [5, 5.41) is 1.36. The highest BCUT2D eigenvalue weighted by Crippen LogP contribution is 2.36. The van der Waals surface area contributed by atoms with Crippen LogP contribution < -0.4 is 16.9 Å². The number of hydrogen-bond donors (Lipinski definition) is 3. The topological polar surface area (TPSA) is 94.9 Å². The molecule has 6 nitrogen and oxygen atoms in total. The number of nitrogens with zero attached hydrogens (tertiary/aromatic N) is 1. The minimum atomic E-state index is 0.522. The van der Waals surface area contributed by atoms with Crippen molar-refractivity contribution in [3.05, 3.63) is 101 Å². The van der Waals surface area contributed by atoms with E-state index in [1.54, 1.807) is 13.2 Å². The molecular formula is C23H28N4O2S. The van der Waals surface area contributed by atoms with E-state index in [1.165, 1.54) is 18.0 Å². The zero-order valence-corrected chi connectivity index (χ0v) is 18.2. The quantitative estimate of drug-likeness (QED) is 0.294. The third kappa shape index (κ3) is 6.17. The van der Waals surface area contributed by atoms with Crippen molar-refractivity contribution in [1.29, 1.82) is 0 Å². The second kappa shape index (κ2) is 11.7. The molecule has 7 heteroatoms. The minimum absolute atomic E-state index is 0.522. The maximum Gasteiger partial charge on any atom is 0.135 e. The monoisotopic (exact) mass is 424 g/mol. The maximum atomic E-state index is 6.44. The van der Waals surface area contributed by atoms with Crippen molar-refractivity contribution in [3.8, 4) is 0 Å². The smallest absolute Gasteiger partial charge is 0.135 e. The predicted molar refractivity (Wildman–Crippen MR) is 127 cm³/mol. The number of rotatable bonds is 10. The Morgan fingerprint density at radius 1 is 1.30 bits per heavy atom. The van der Waals surface area contributed by atoms with Crippen LogP contribution in [0, 0.1) is 0 Å². The summed E-state index contributed by atoms with van der Waals surface area (Å²) in [6.45, 7) is 10.1. The van der Waals surface area contributed by atoms with E-state index in [0.29, 0.717) is 35.2 Å². The molecule has 0 atom stereocenters. The third-order valence-corrected chi connectivity index (χ3v) is 5.15. The molecule has 0 saturated carbocycles. The van der Waals surface area contributed by atoms with Gasteiger partial charge in [0.05, 0.1) is 18.0 Å². The van der Waals surface area contributed by atoms with Crippen molar-refractivity contribution in [2.75, 3.05) is 13.7 Å². The first-order valence-electron chi connectivity index (χ1n) is 9.38. The molecule has 0 aromatic heterocycles. The van der Waals surface area contributed by atoms with E-state index >= 15 is 0 Å². The van der Waals surface area contributed by atoms with E-state index < -0.39 is 0 Å². The van der Waals surface area contributed by atoms with Crippen LogP contribution in [0.2, 0.25) is 0 Å². The normalized spacial score (nSPS) is 17.5. The number of hydrogen-bond acceptors (Lipinski definition) is 7. The molecule has 0 amide bonds. The number of aliphatic imine (C=N–C) groups is 1. The summed E-state index contributed by atoms with van der Waals surface area (Å²) in [6, 6.07) is 9.91. The zero-order chi connectivity index (χ0) is 21.9. The van der Waals surface area contributed by atoms with Crippen molar-refractivity contribution in [2.45, 2.75) is 13.3 Å². The van der Waals surface area contributed by atoms with Gasteiger partial charge in [-0.3, -0.25) is 0 Å². The fourth-order valence-electron chi connectivity index (χ4n) is 2.51. The van der Waals surface area contributed by atoms with Crippen LogP contribution in [0.4, 0.5) is 0 Å². The Labute approximate surface area is 182 Å². The summed E-state index contributed by atoms with van der Waals surface area (Å²) in [7, 11) is 1.63. The summed E-state index contributed by atoms with van der Waals surface area (Å²) in [5.74, 6) is 0.547. The lowest BCUT2D eigenvalue weighted by atomic mass is 10.1. The lowest BCUT2D eigenvalue weighted by molar-refractivity contribution is 0.112. The molecule has 0 spiro atoms. The number of benzene rings is 1. The first kappa shape index (κ1) is 23.1. The lowest BCUT2D eigenvalue weighted by Gasteiger charge is -2.10. The number of hydroxylamine groups is 1. The fraction of sp³-hybridized carbons (Fsp3) is 0.174. The standard InChI is InChI=1S/C23H28N4O2S/c1-5-18(15-24)20(6-2)26-22-19(14-17-10-8-7-9-11-17)21(25)23(30-22)27-29-16(3)12-13-28-4/h5-11,14-15,27H,1,3,12-13,24-25H2,2,4H3/b18-15+,19-14+,20-6-,26-22+. The average Bonchev–Trinajstić information content (AvgIpc) is 3.05. The van der Waals surface area contributed by atoms with Gasteiger partial charge in [0, 0.05) is 30.9 Å². The lowest BCUT2D eigenvalue weighted by Crippen LogP contribution is -2.15. The molecule has 1 aromatic rings. The Balaban J connectivity index is 2.37. The molecular weight excluding hydrogens is 396 g/mol. The molecule has 30 heavy (non-hydrogen) atoms. The molecule has 0 bridgehead atoms. The summed E-state index contributed by atoms with van der Waals surface area (Å²) in [5.41, 5.74) is 18.8. The molecule has 0 fully saturated rings. The van der Waals surface area contributed by atoms with Crippen LogP contribution in [0.15, 0.2) is 100 Å². The number of ether oxygens (including phenoxy) is 1. The summed E-state index contributed by atoms with van der Waals surface area (Å²) in [6.07, 6.45) is 7.58. The molecule has 5 N–H and O–H groups in total. The number of methoxy groups -OCH3 is 1. The van der Waals surface area contributed by atoms with Gasteiger partial charge >= 0.3 is 0 Å². The highest BCUT2D eigenvalue weighted by Gasteiger charge is 2.26. The van der Waals surface area contributed by atoms with Crippen LogP contribution in [0.3, 0.4) is 0 Å². The Morgan fingerprint density at radius 2 is 2.03 bits per heavy atom. The molecule has 1 aromatic carbocycles. The highest BCUT2D eigenvalue weighted by molar-refractivity contribution is 8.18. The van der Waals surface area contributed by atoms with E-state index in [0.717, 1.165) is 21.8 Å².